The molecule has 0 atom stereocenters. The molecule has 1 amide bonds. The molecule has 126 valence electrons. The normalized spacial score (nSPS) is 11.5. The number of carbonyl (C=O) groups excluding carboxylic acids is 1. The highest BCUT2D eigenvalue weighted by atomic mass is 16.6. The van der Waals surface area contributed by atoms with Crippen molar-refractivity contribution in [1.29, 1.82) is 0 Å². The third kappa shape index (κ3) is 5.77. The first kappa shape index (κ1) is 18.7. The quantitative estimate of drug-likeness (QED) is 0.780. The fourth-order valence-electron chi connectivity index (χ4n) is 1.86. The van der Waals surface area contributed by atoms with Gasteiger partial charge in [0.2, 0.25) is 0 Å². The standard InChI is InChI=1S/C18H27N3O2/c1-8-18(6,7)13-21(16(22)23-17(3,4)5)14-11-10-12-20-15(14)19-9-2/h8-12H,1-2,13H2,3-7H3,(H,19,20). The summed E-state index contributed by atoms with van der Waals surface area (Å²) in [4.78, 5) is 18.5. The Morgan fingerprint density at radius 3 is 2.52 bits per heavy atom. The van der Waals surface area contributed by atoms with E-state index in [-0.39, 0.29) is 5.41 Å². The molecule has 1 aromatic rings. The van der Waals surface area contributed by atoms with Crippen LogP contribution in [0.1, 0.15) is 34.6 Å². The number of rotatable bonds is 6. The Labute approximate surface area is 139 Å². The van der Waals surface area contributed by atoms with Gasteiger partial charge in [0, 0.05) is 18.2 Å². The van der Waals surface area contributed by atoms with Gasteiger partial charge in [0.1, 0.15) is 5.60 Å². The lowest BCUT2D eigenvalue weighted by Gasteiger charge is -2.33. The Morgan fingerprint density at radius 2 is 2.00 bits per heavy atom. The number of anilines is 2. The van der Waals surface area contributed by atoms with Crippen LogP contribution in [0, 0.1) is 5.41 Å². The lowest BCUT2D eigenvalue weighted by molar-refractivity contribution is 0.0571. The Kier molecular flexibility index (Phi) is 5.96. The van der Waals surface area contributed by atoms with Crippen LogP contribution >= 0.6 is 0 Å². The lowest BCUT2D eigenvalue weighted by atomic mass is 9.93. The zero-order valence-electron chi connectivity index (χ0n) is 14.7. The summed E-state index contributed by atoms with van der Waals surface area (Å²) in [5, 5.41) is 2.96. The molecule has 5 heteroatoms. The van der Waals surface area contributed by atoms with Crippen molar-refractivity contribution in [1.82, 2.24) is 4.98 Å². The van der Waals surface area contributed by atoms with Crippen molar-refractivity contribution in [2.45, 2.75) is 40.2 Å². The van der Waals surface area contributed by atoms with E-state index in [4.69, 9.17) is 4.74 Å². The molecular weight excluding hydrogens is 290 g/mol. The highest BCUT2D eigenvalue weighted by Gasteiger charge is 2.29. The van der Waals surface area contributed by atoms with Crippen molar-refractivity contribution < 1.29 is 9.53 Å². The Bertz CT molecular complexity index is 574. The van der Waals surface area contributed by atoms with Crippen LogP contribution in [0.2, 0.25) is 0 Å². The Balaban J connectivity index is 3.26. The van der Waals surface area contributed by atoms with Gasteiger partial charge in [-0.1, -0.05) is 26.5 Å². The Hall–Kier alpha value is -2.30. The average molecular weight is 317 g/mol. The molecular formula is C18H27N3O2. The number of hydrogen-bond acceptors (Lipinski definition) is 4. The molecule has 0 aromatic carbocycles. The highest BCUT2D eigenvalue weighted by molar-refractivity contribution is 5.91. The molecule has 0 spiro atoms. The summed E-state index contributed by atoms with van der Waals surface area (Å²) < 4.78 is 5.55. The zero-order chi connectivity index (χ0) is 17.7. The maximum Gasteiger partial charge on any atom is 0.414 e. The summed E-state index contributed by atoms with van der Waals surface area (Å²) in [7, 11) is 0. The second-order valence-corrected chi connectivity index (χ2v) is 6.98. The van der Waals surface area contributed by atoms with Crippen LogP contribution in [0.3, 0.4) is 0 Å². The van der Waals surface area contributed by atoms with E-state index in [1.165, 1.54) is 6.20 Å². The molecule has 5 nitrogen and oxygen atoms in total. The molecule has 1 aromatic heterocycles. The van der Waals surface area contributed by atoms with Crippen LogP contribution in [-0.4, -0.2) is 23.2 Å². The second kappa shape index (κ2) is 7.31. The first-order valence-corrected chi connectivity index (χ1v) is 7.56. The largest absolute Gasteiger partial charge is 0.443 e. The fourth-order valence-corrected chi connectivity index (χ4v) is 1.86. The summed E-state index contributed by atoms with van der Waals surface area (Å²) >= 11 is 0. The smallest absolute Gasteiger partial charge is 0.414 e. The summed E-state index contributed by atoms with van der Waals surface area (Å²) in [5.41, 5.74) is -0.225. The van der Waals surface area contributed by atoms with Crippen molar-refractivity contribution in [3.05, 3.63) is 43.8 Å². The number of hydrogen-bond donors (Lipinski definition) is 1. The van der Waals surface area contributed by atoms with Gasteiger partial charge < -0.3 is 10.1 Å². The fraction of sp³-hybridized carbons (Fsp3) is 0.444. The zero-order valence-corrected chi connectivity index (χ0v) is 14.7. The number of amides is 1. The molecule has 0 unspecified atom stereocenters. The molecule has 0 saturated heterocycles. The topological polar surface area (TPSA) is 54.5 Å². The molecule has 1 rings (SSSR count). The van der Waals surface area contributed by atoms with E-state index < -0.39 is 11.7 Å². The van der Waals surface area contributed by atoms with Crippen LogP contribution in [0.4, 0.5) is 16.3 Å². The van der Waals surface area contributed by atoms with Crippen LogP contribution in [0.25, 0.3) is 0 Å². The van der Waals surface area contributed by atoms with Crippen molar-refractivity contribution in [2.24, 2.45) is 5.41 Å². The van der Waals surface area contributed by atoms with E-state index >= 15 is 0 Å². The Morgan fingerprint density at radius 1 is 1.35 bits per heavy atom. The SMILES string of the molecule is C=CNc1ncccc1N(CC(C)(C)C=C)C(=O)OC(C)(C)C. The lowest BCUT2D eigenvalue weighted by Crippen LogP contribution is -2.42. The number of carbonyl (C=O) groups is 1. The van der Waals surface area contributed by atoms with Gasteiger partial charge in [-0.25, -0.2) is 9.78 Å². The van der Waals surface area contributed by atoms with Crippen molar-refractivity contribution >= 4 is 17.6 Å². The predicted molar refractivity (Wildman–Crippen MR) is 95.6 cm³/mol. The minimum Gasteiger partial charge on any atom is -0.443 e. The molecule has 1 heterocycles. The van der Waals surface area contributed by atoms with Crippen LogP contribution < -0.4 is 10.2 Å². The van der Waals surface area contributed by atoms with Gasteiger partial charge in [-0.3, -0.25) is 4.90 Å². The minimum atomic E-state index is -0.581. The molecule has 0 fully saturated rings. The predicted octanol–water partition coefficient (Wildman–Crippen LogP) is 4.59. The number of pyridine rings is 1. The van der Waals surface area contributed by atoms with Crippen LogP contribution in [0.15, 0.2) is 43.8 Å². The van der Waals surface area contributed by atoms with E-state index in [0.717, 1.165) is 0 Å². The van der Waals surface area contributed by atoms with Crippen molar-refractivity contribution in [3.8, 4) is 0 Å². The molecule has 0 aliphatic carbocycles. The van der Waals surface area contributed by atoms with E-state index in [2.05, 4.69) is 23.5 Å². The number of nitrogens with one attached hydrogen (secondary N) is 1. The monoisotopic (exact) mass is 317 g/mol. The maximum atomic E-state index is 12.7. The van der Waals surface area contributed by atoms with Gasteiger partial charge in [0.05, 0.1) is 5.69 Å². The summed E-state index contributed by atoms with van der Waals surface area (Å²) in [5.74, 6) is 0.549. The van der Waals surface area contributed by atoms with Gasteiger partial charge in [0.15, 0.2) is 5.82 Å². The average Bonchev–Trinajstić information content (AvgIpc) is 2.44. The van der Waals surface area contributed by atoms with E-state index in [9.17, 15) is 4.79 Å². The minimum absolute atomic E-state index is 0.280. The van der Waals surface area contributed by atoms with Gasteiger partial charge in [-0.05, 0) is 39.1 Å². The summed E-state index contributed by atoms with van der Waals surface area (Å²) in [6, 6.07) is 3.60. The van der Waals surface area contributed by atoms with Gasteiger partial charge in [0.25, 0.3) is 0 Å². The van der Waals surface area contributed by atoms with E-state index in [1.807, 2.05) is 46.8 Å². The number of ether oxygens (including phenoxy) is 1. The molecule has 0 saturated carbocycles. The van der Waals surface area contributed by atoms with Crippen LogP contribution in [0.5, 0.6) is 0 Å². The molecule has 23 heavy (non-hydrogen) atoms. The van der Waals surface area contributed by atoms with Crippen molar-refractivity contribution in [2.75, 3.05) is 16.8 Å². The maximum absolute atomic E-state index is 12.7. The third-order valence-corrected chi connectivity index (χ3v) is 3.05. The second-order valence-electron chi connectivity index (χ2n) is 6.98. The van der Waals surface area contributed by atoms with Crippen molar-refractivity contribution in [3.63, 3.8) is 0 Å². The first-order valence-electron chi connectivity index (χ1n) is 7.56. The third-order valence-electron chi connectivity index (χ3n) is 3.05. The highest BCUT2D eigenvalue weighted by Crippen LogP contribution is 2.29. The molecule has 0 aliphatic rings. The molecule has 0 bridgehead atoms. The number of nitrogens with zero attached hydrogens (tertiary/aromatic N) is 2. The number of aromatic nitrogens is 1. The van der Waals surface area contributed by atoms with Gasteiger partial charge >= 0.3 is 6.09 Å². The van der Waals surface area contributed by atoms with Crippen LogP contribution in [-0.2, 0) is 4.74 Å². The van der Waals surface area contributed by atoms with Gasteiger partial charge in [-0.2, -0.15) is 0 Å². The van der Waals surface area contributed by atoms with E-state index in [0.29, 0.717) is 18.1 Å². The molecule has 1 N–H and O–H groups in total. The summed E-state index contributed by atoms with van der Waals surface area (Å²) in [6.07, 6.45) is 4.58. The molecule has 0 radical (unpaired) electrons. The summed E-state index contributed by atoms with van der Waals surface area (Å²) in [6.45, 7) is 17.5. The first-order chi connectivity index (χ1) is 10.6. The van der Waals surface area contributed by atoms with Gasteiger partial charge in [-0.15, -0.1) is 6.58 Å². The molecule has 0 aliphatic heterocycles. The van der Waals surface area contributed by atoms with E-state index in [1.54, 1.807) is 17.2 Å².